The Morgan fingerprint density at radius 1 is 1.28 bits per heavy atom. The fraction of sp³-hybridized carbons (Fsp3) is 0.381. The minimum absolute atomic E-state index is 0.379. The van der Waals surface area contributed by atoms with Crippen LogP contribution in [0.1, 0.15) is 26.6 Å². The fourth-order valence-corrected chi connectivity index (χ4v) is 4.46. The Hall–Kier alpha value is -2.64. The lowest BCUT2D eigenvalue weighted by molar-refractivity contribution is -0.0243. The molecule has 29 heavy (non-hydrogen) atoms. The number of amides is 1. The van der Waals surface area contributed by atoms with E-state index in [0.717, 1.165) is 16.5 Å². The molecular formula is C21H24ClN5O2. The molecule has 1 aliphatic heterocycles. The van der Waals surface area contributed by atoms with Crippen molar-refractivity contribution in [2.75, 3.05) is 19.6 Å². The molecule has 3 heterocycles. The molecule has 1 amide bonds. The van der Waals surface area contributed by atoms with Crippen LogP contribution >= 0.6 is 11.6 Å². The highest BCUT2D eigenvalue weighted by molar-refractivity contribution is 6.33. The van der Waals surface area contributed by atoms with Gasteiger partial charge in [-0.25, -0.2) is 14.8 Å². The third-order valence-corrected chi connectivity index (χ3v) is 6.12. The molecule has 0 radical (unpaired) electrons. The predicted octanol–water partition coefficient (Wildman–Crippen LogP) is 4.10. The SMILES string of the molecule is CC(C)(C)C1(c2ncc3c(-c4ccccc4Cl)c[nH]c3n2)CNCCN1C(=O)O. The molecule has 0 saturated carbocycles. The summed E-state index contributed by atoms with van der Waals surface area (Å²) in [5.74, 6) is 0.486. The topological polar surface area (TPSA) is 94.1 Å². The maximum absolute atomic E-state index is 12.1. The number of piperazine rings is 1. The summed E-state index contributed by atoms with van der Waals surface area (Å²) in [6, 6.07) is 7.62. The van der Waals surface area contributed by atoms with Gasteiger partial charge < -0.3 is 15.4 Å². The van der Waals surface area contributed by atoms with E-state index in [-0.39, 0.29) is 0 Å². The average molecular weight is 414 g/mol. The number of H-pyrrole nitrogens is 1. The molecule has 1 fully saturated rings. The number of hydrogen-bond acceptors (Lipinski definition) is 4. The molecule has 0 aliphatic carbocycles. The molecule has 1 aromatic carbocycles. The molecule has 152 valence electrons. The molecule has 1 atom stereocenters. The zero-order chi connectivity index (χ0) is 20.8. The number of aromatic amines is 1. The first kappa shape index (κ1) is 19.7. The van der Waals surface area contributed by atoms with Crippen LogP contribution in [0.15, 0.2) is 36.7 Å². The van der Waals surface area contributed by atoms with Gasteiger partial charge in [0.15, 0.2) is 5.82 Å². The van der Waals surface area contributed by atoms with Crippen molar-refractivity contribution in [1.82, 2.24) is 25.2 Å². The fourth-order valence-electron chi connectivity index (χ4n) is 4.22. The predicted molar refractivity (Wildman–Crippen MR) is 113 cm³/mol. The molecule has 8 heteroatoms. The van der Waals surface area contributed by atoms with E-state index in [1.165, 1.54) is 4.90 Å². The highest BCUT2D eigenvalue weighted by Gasteiger charge is 2.54. The normalized spacial score (nSPS) is 20.2. The first-order valence-corrected chi connectivity index (χ1v) is 9.94. The highest BCUT2D eigenvalue weighted by Crippen LogP contribution is 2.44. The van der Waals surface area contributed by atoms with Crippen LogP contribution in [-0.4, -0.2) is 50.7 Å². The first-order valence-electron chi connectivity index (χ1n) is 9.56. The minimum Gasteiger partial charge on any atom is -0.465 e. The third-order valence-electron chi connectivity index (χ3n) is 5.79. The van der Waals surface area contributed by atoms with Crippen LogP contribution in [0.25, 0.3) is 22.2 Å². The van der Waals surface area contributed by atoms with Gasteiger partial charge in [0.25, 0.3) is 0 Å². The van der Waals surface area contributed by atoms with Crippen molar-refractivity contribution in [2.45, 2.75) is 26.3 Å². The van der Waals surface area contributed by atoms with E-state index in [2.05, 4.69) is 15.3 Å². The third kappa shape index (κ3) is 3.05. The Labute approximate surface area is 174 Å². The summed E-state index contributed by atoms with van der Waals surface area (Å²) in [6.45, 7) is 7.50. The standard InChI is InChI=1S/C21H24ClN5O2/c1-20(2,3)21(12-23-8-9-27(21)19(28)29)18-25-11-15-14(10-24-17(15)26-18)13-6-4-5-7-16(13)22/h4-7,10-11,23H,8-9,12H2,1-3H3,(H,28,29)(H,24,25,26). The number of halogens is 1. The minimum atomic E-state index is -0.964. The summed E-state index contributed by atoms with van der Waals surface area (Å²) in [5, 5.41) is 14.7. The van der Waals surface area contributed by atoms with E-state index in [0.29, 0.717) is 36.1 Å². The van der Waals surface area contributed by atoms with E-state index in [4.69, 9.17) is 16.6 Å². The number of rotatable bonds is 2. The Balaban J connectivity index is 1.89. The van der Waals surface area contributed by atoms with Crippen molar-refractivity contribution in [2.24, 2.45) is 5.41 Å². The molecule has 7 nitrogen and oxygen atoms in total. The van der Waals surface area contributed by atoms with E-state index in [1.54, 1.807) is 6.20 Å². The van der Waals surface area contributed by atoms with Gasteiger partial charge in [0.2, 0.25) is 0 Å². The summed E-state index contributed by atoms with van der Waals surface area (Å²) >= 11 is 6.37. The number of benzene rings is 1. The Kier molecular flexibility index (Phi) is 4.75. The molecular weight excluding hydrogens is 390 g/mol. The van der Waals surface area contributed by atoms with E-state index in [9.17, 15) is 9.90 Å². The van der Waals surface area contributed by atoms with Gasteiger partial charge in [-0.2, -0.15) is 0 Å². The lowest BCUT2D eigenvalue weighted by Gasteiger charge is -2.52. The van der Waals surface area contributed by atoms with Gasteiger partial charge in [0.05, 0.1) is 0 Å². The number of fused-ring (bicyclic) bond motifs is 1. The summed E-state index contributed by atoms with van der Waals surface area (Å²) in [7, 11) is 0. The second kappa shape index (κ2) is 7.00. The van der Waals surface area contributed by atoms with Crippen LogP contribution in [0, 0.1) is 5.41 Å². The summed E-state index contributed by atoms with van der Waals surface area (Å²) < 4.78 is 0. The van der Waals surface area contributed by atoms with Gasteiger partial charge in [-0.3, -0.25) is 4.90 Å². The van der Waals surface area contributed by atoms with Crippen LogP contribution in [-0.2, 0) is 5.54 Å². The number of carboxylic acid groups (broad SMARTS) is 1. The van der Waals surface area contributed by atoms with Crippen molar-refractivity contribution in [1.29, 1.82) is 0 Å². The van der Waals surface area contributed by atoms with Crippen LogP contribution in [0.5, 0.6) is 0 Å². The number of hydrogen-bond donors (Lipinski definition) is 3. The van der Waals surface area contributed by atoms with Gasteiger partial charge in [-0.15, -0.1) is 0 Å². The number of carbonyl (C=O) groups is 1. The van der Waals surface area contributed by atoms with E-state index < -0.39 is 17.0 Å². The van der Waals surface area contributed by atoms with Crippen molar-refractivity contribution in [3.8, 4) is 11.1 Å². The Morgan fingerprint density at radius 3 is 2.72 bits per heavy atom. The van der Waals surface area contributed by atoms with Crippen molar-refractivity contribution < 1.29 is 9.90 Å². The number of nitrogens with zero attached hydrogens (tertiary/aromatic N) is 3. The molecule has 1 aliphatic rings. The lowest BCUT2D eigenvalue weighted by atomic mass is 9.70. The molecule has 1 unspecified atom stereocenters. The molecule has 1 saturated heterocycles. The largest absolute Gasteiger partial charge is 0.465 e. The maximum Gasteiger partial charge on any atom is 0.408 e. The van der Waals surface area contributed by atoms with Crippen LogP contribution in [0.3, 0.4) is 0 Å². The Morgan fingerprint density at radius 2 is 2.03 bits per heavy atom. The lowest BCUT2D eigenvalue weighted by Crippen LogP contribution is -2.66. The quantitative estimate of drug-likeness (QED) is 0.588. The molecule has 0 bridgehead atoms. The van der Waals surface area contributed by atoms with Gasteiger partial charge >= 0.3 is 6.09 Å². The van der Waals surface area contributed by atoms with Crippen LogP contribution in [0.4, 0.5) is 4.79 Å². The number of aromatic nitrogens is 3. The number of nitrogens with one attached hydrogen (secondary N) is 2. The smallest absolute Gasteiger partial charge is 0.408 e. The van der Waals surface area contributed by atoms with Crippen LogP contribution in [0.2, 0.25) is 5.02 Å². The molecule has 0 spiro atoms. The van der Waals surface area contributed by atoms with Gasteiger partial charge in [-0.1, -0.05) is 50.6 Å². The zero-order valence-electron chi connectivity index (χ0n) is 16.7. The van der Waals surface area contributed by atoms with Gasteiger partial charge in [0, 0.05) is 53.6 Å². The molecule has 4 rings (SSSR count). The molecule has 3 N–H and O–H groups in total. The average Bonchev–Trinajstić information content (AvgIpc) is 3.10. The van der Waals surface area contributed by atoms with Crippen molar-refractivity contribution in [3.05, 3.63) is 47.5 Å². The second-order valence-corrected chi connectivity index (χ2v) is 8.77. The summed E-state index contributed by atoms with van der Waals surface area (Å²) in [4.78, 5) is 26.2. The van der Waals surface area contributed by atoms with Crippen LogP contribution < -0.4 is 5.32 Å². The van der Waals surface area contributed by atoms with E-state index in [1.807, 2.05) is 51.2 Å². The van der Waals surface area contributed by atoms with E-state index >= 15 is 0 Å². The monoisotopic (exact) mass is 413 g/mol. The molecule has 2 aromatic heterocycles. The van der Waals surface area contributed by atoms with Crippen molar-refractivity contribution >= 4 is 28.7 Å². The van der Waals surface area contributed by atoms with Crippen molar-refractivity contribution in [3.63, 3.8) is 0 Å². The first-order chi connectivity index (χ1) is 13.8. The maximum atomic E-state index is 12.1. The van der Waals surface area contributed by atoms with Gasteiger partial charge in [0.1, 0.15) is 11.2 Å². The zero-order valence-corrected chi connectivity index (χ0v) is 17.4. The van der Waals surface area contributed by atoms with Gasteiger partial charge in [-0.05, 0) is 11.5 Å². The Bertz CT molecular complexity index is 1070. The second-order valence-electron chi connectivity index (χ2n) is 8.36. The summed E-state index contributed by atoms with van der Waals surface area (Å²) in [5.41, 5.74) is 1.16. The summed E-state index contributed by atoms with van der Waals surface area (Å²) in [6.07, 6.45) is 2.66. The molecule has 3 aromatic rings. The highest BCUT2D eigenvalue weighted by atomic mass is 35.5.